The van der Waals surface area contributed by atoms with E-state index >= 15 is 0 Å². The van der Waals surface area contributed by atoms with Crippen LogP contribution in [0, 0.1) is 0 Å². The first kappa shape index (κ1) is 23.9. The van der Waals surface area contributed by atoms with E-state index in [1.807, 2.05) is 4.90 Å². The van der Waals surface area contributed by atoms with E-state index in [1.165, 1.54) is 16.4 Å². The van der Waals surface area contributed by atoms with Crippen LogP contribution in [0.5, 0.6) is 0 Å². The summed E-state index contributed by atoms with van der Waals surface area (Å²) in [4.78, 5) is 20.1. The third-order valence-electron chi connectivity index (χ3n) is 3.99. The normalized spacial score (nSPS) is 16.1. The Balaban J connectivity index is 0.000000568. The van der Waals surface area contributed by atoms with Crippen LogP contribution in [0.15, 0.2) is 24.3 Å². The predicted molar refractivity (Wildman–Crippen MR) is 93.0 cm³/mol. The molecule has 0 aromatic heterocycles. The minimum absolute atomic E-state index is 0.0455. The molecule has 1 aromatic rings. The van der Waals surface area contributed by atoms with E-state index in [0.717, 1.165) is 6.07 Å². The number of aliphatic carboxylic acids is 2. The van der Waals surface area contributed by atoms with E-state index in [0.29, 0.717) is 26.2 Å². The Kier molecular flexibility index (Phi) is 8.39. The third kappa shape index (κ3) is 7.09. The molecule has 0 unspecified atom stereocenters. The zero-order valence-electron chi connectivity index (χ0n) is 15.0. The van der Waals surface area contributed by atoms with E-state index < -0.39 is 33.7 Å². The van der Waals surface area contributed by atoms with Crippen LogP contribution in [0.25, 0.3) is 0 Å². The van der Waals surface area contributed by atoms with Gasteiger partial charge in [-0.05, 0) is 18.6 Å². The van der Waals surface area contributed by atoms with Crippen molar-refractivity contribution in [1.29, 1.82) is 0 Å². The smallest absolute Gasteiger partial charge is 0.416 e. The maximum absolute atomic E-state index is 13.0. The summed E-state index contributed by atoms with van der Waals surface area (Å²) in [6.07, 6.45) is -4.37. The average Bonchev–Trinajstić information content (AvgIpc) is 2.62. The van der Waals surface area contributed by atoms with Crippen LogP contribution in [-0.2, 0) is 32.3 Å². The van der Waals surface area contributed by atoms with E-state index in [-0.39, 0.29) is 17.9 Å². The van der Waals surface area contributed by atoms with Gasteiger partial charge in [0.25, 0.3) is 0 Å². The lowest BCUT2D eigenvalue weighted by molar-refractivity contribution is -0.159. The molecular formula is C16H21F3N2O6S. The lowest BCUT2D eigenvalue weighted by atomic mass is 10.1. The number of hydrogen-bond donors (Lipinski definition) is 2. The van der Waals surface area contributed by atoms with Gasteiger partial charge >= 0.3 is 18.1 Å². The van der Waals surface area contributed by atoms with Crippen LogP contribution in [-0.4, -0.2) is 71.7 Å². The van der Waals surface area contributed by atoms with Gasteiger partial charge in [0, 0.05) is 32.7 Å². The van der Waals surface area contributed by atoms with Crippen LogP contribution < -0.4 is 0 Å². The zero-order valence-corrected chi connectivity index (χ0v) is 15.8. The average molecular weight is 426 g/mol. The minimum Gasteiger partial charge on any atom is -0.473 e. The molecule has 0 amide bonds. The van der Waals surface area contributed by atoms with Crippen molar-refractivity contribution in [3.8, 4) is 0 Å². The van der Waals surface area contributed by atoms with E-state index in [2.05, 4.69) is 0 Å². The fourth-order valence-electron chi connectivity index (χ4n) is 2.52. The molecule has 158 valence electrons. The molecule has 0 radical (unpaired) electrons. The number of piperazine rings is 1. The highest BCUT2D eigenvalue weighted by atomic mass is 32.2. The molecule has 0 spiro atoms. The van der Waals surface area contributed by atoms with Crippen molar-refractivity contribution < 1.29 is 41.4 Å². The van der Waals surface area contributed by atoms with Gasteiger partial charge in [-0.15, -0.1) is 0 Å². The van der Waals surface area contributed by atoms with Crippen LogP contribution in [0.3, 0.4) is 0 Å². The van der Waals surface area contributed by atoms with Gasteiger partial charge in [0.2, 0.25) is 10.0 Å². The highest BCUT2D eigenvalue weighted by molar-refractivity contribution is 7.89. The van der Waals surface area contributed by atoms with E-state index in [4.69, 9.17) is 19.8 Å². The highest BCUT2D eigenvalue weighted by Gasteiger charge is 2.33. The van der Waals surface area contributed by atoms with Crippen molar-refractivity contribution in [3.05, 3.63) is 35.4 Å². The van der Waals surface area contributed by atoms with E-state index in [1.54, 1.807) is 13.0 Å². The van der Waals surface area contributed by atoms with Gasteiger partial charge in [-0.1, -0.05) is 18.2 Å². The SMILES string of the molecule is CCS(=O)(=O)N1CCN(Cc2ccccc2C(F)(F)F)CC1.O=C(O)C(=O)O. The fraction of sp³-hybridized carbons (Fsp3) is 0.500. The number of carbonyl (C=O) groups is 2. The van der Waals surface area contributed by atoms with Crippen LogP contribution >= 0.6 is 0 Å². The van der Waals surface area contributed by atoms with Gasteiger partial charge in [0.1, 0.15) is 0 Å². The number of rotatable bonds is 4. The summed E-state index contributed by atoms with van der Waals surface area (Å²) >= 11 is 0. The van der Waals surface area contributed by atoms with Gasteiger partial charge in [-0.25, -0.2) is 18.0 Å². The van der Waals surface area contributed by atoms with Crippen LogP contribution in [0.2, 0.25) is 0 Å². The standard InChI is InChI=1S/C14H19F3N2O2S.C2H2O4/c1-2-22(20,21)19-9-7-18(8-10-19)11-12-5-3-4-6-13(12)14(15,16)17;3-1(4)2(5)6/h3-6H,2,7-11H2,1H3;(H,3,4)(H,5,6). The lowest BCUT2D eigenvalue weighted by Gasteiger charge is -2.34. The summed E-state index contributed by atoms with van der Waals surface area (Å²) in [7, 11) is -3.22. The molecule has 28 heavy (non-hydrogen) atoms. The van der Waals surface area contributed by atoms with E-state index in [9.17, 15) is 21.6 Å². The molecule has 0 bridgehead atoms. The first-order valence-electron chi connectivity index (χ1n) is 8.20. The van der Waals surface area contributed by atoms with Crippen molar-refractivity contribution in [3.63, 3.8) is 0 Å². The maximum Gasteiger partial charge on any atom is 0.416 e. The number of carboxylic acids is 2. The van der Waals surface area contributed by atoms with Crippen molar-refractivity contribution in [2.45, 2.75) is 19.6 Å². The third-order valence-corrected chi connectivity index (χ3v) is 5.87. The Morgan fingerprint density at radius 1 is 1.04 bits per heavy atom. The van der Waals surface area contributed by atoms with Crippen LogP contribution in [0.4, 0.5) is 13.2 Å². The molecule has 8 nitrogen and oxygen atoms in total. The monoisotopic (exact) mass is 426 g/mol. The first-order chi connectivity index (χ1) is 12.9. The number of carboxylic acid groups (broad SMARTS) is 2. The summed E-state index contributed by atoms with van der Waals surface area (Å²) < 4.78 is 63.8. The molecule has 1 saturated heterocycles. The second kappa shape index (κ2) is 9.85. The number of sulfonamides is 1. The minimum atomic E-state index is -4.37. The topological polar surface area (TPSA) is 115 Å². The fourth-order valence-corrected chi connectivity index (χ4v) is 3.61. The Bertz CT molecular complexity index is 778. The van der Waals surface area contributed by atoms with Gasteiger partial charge in [-0.3, -0.25) is 4.90 Å². The van der Waals surface area contributed by atoms with Gasteiger partial charge in [0.15, 0.2) is 0 Å². The Hall–Kier alpha value is -2.18. The summed E-state index contributed by atoms with van der Waals surface area (Å²) in [6.45, 7) is 3.28. The lowest BCUT2D eigenvalue weighted by Crippen LogP contribution is -2.48. The molecule has 1 heterocycles. The Morgan fingerprint density at radius 2 is 1.54 bits per heavy atom. The number of benzene rings is 1. The summed E-state index contributed by atoms with van der Waals surface area (Å²) in [6, 6.07) is 5.51. The molecule has 1 aliphatic heterocycles. The first-order valence-corrected chi connectivity index (χ1v) is 9.81. The largest absolute Gasteiger partial charge is 0.473 e. The van der Waals surface area contributed by atoms with Crippen molar-refractivity contribution in [2.24, 2.45) is 0 Å². The molecule has 0 aliphatic carbocycles. The van der Waals surface area contributed by atoms with Crippen molar-refractivity contribution in [1.82, 2.24) is 9.21 Å². The molecule has 1 aromatic carbocycles. The quantitative estimate of drug-likeness (QED) is 0.698. The molecule has 1 aliphatic rings. The molecule has 1 fully saturated rings. The molecule has 0 atom stereocenters. The van der Waals surface area contributed by atoms with Crippen molar-refractivity contribution in [2.75, 3.05) is 31.9 Å². The second-order valence-electron chi connectivity index (χ2n) is 5.84. The van der Waals surface area contributed by atoms with Crippen molar-refractivity contribution >= 4 is 22.0 Å². The maximum atomic E-state index is 13.0. The summed E-state index contributed by atoms with van der Waals surface area (Å²) in [5.74, 6) is -3.60. The zero-order chi connectivity index (χ0) is 21.5. The summed E-state index contributed by atoms with van der Waals surface area (Å²) in [5, 5.41) is 14.8. The second-order valence-corrected chi connectivity index (χ2v) is 8.10. The Labute approximate surface area is 160 Å². The molecular weight excluding hydrogens is 405 g/mol. The summed E-state index contributed by atoms with van der Waals surface area (Å²) in [5.41, 5.74) is -0.402. The van der Waals surface area contributed by atoms with Gasteiger partial charge in [-0.2, -0.15) is 17.5 Å². The number of nitrogens with zero attached hydrogens (tertiary/aromatic N) is 2. The number of halogens is 3. The highest BCUT2D eigenvalue weighted by Crippen LogP contribution is 2.32. The van der Waals surface area contributed by atoms with Gasteiger partial charge < -0.3 is 10.2 Å². The number of hydrogen-bond acceptors (Lipinski definition) is 5. The number of alkyl halides is 3. The van der Waals surface area contributed by atoms with Crippen LogP contribution in [0.1, 0.15) is 18.1 Å². The Morgan fingerprint density at radius 3 is 1.96 bits per heavy atom. The molecule has 0 saturated carbocycles. The molecule has 12 heteroatoms. The predicted octanol–water partition coefficient (Wildman–Crippen LogP) is 1.33. The molecule has 2 N–H and O–H groups in total. The molecule has 2 rings (SSSR count). The van der Waals surface area contributed by atoms with Gasteiger partial charge in [0.05, 0.1) is 11.3 Å².